The molecule has 0 radical (unpaired) electrons. The molecule has 0 bridgehead atoms. The number of carbonyl (C=O) groups is 1. The Morgan fingerprint density at radius 1 is 1.46 bits per heavy atom. The second-order valence-corrected chi connectivity index (χ2v) is 6.35. The molecule has 1 aliphatic heterocycles. The zero-order valence-electron chi connectivity index (χ0n) is 13.9. The molecular formula is C18H21ClN2O3. The van der Waals surface area contributed by atoms with E-state index in [-0.39, 0.29) is 17.2 Å². The van der Waals surface area contributed by atoms with Crippen LogP contribution in [0, 0.1) is 6.92 Å². The van der Waals surface area contributed by atoms with Gasteiger partial charge in [0.05, 0.1) is 18.8 Å². The summed E-state index contributed by atoms with van der Waals surface area (Å²) in [5, 5.41) is 4.11. The van der Waals surface area contributed by atoms with Crippen molar-refractivity contribution in [1.29, 1.82) is 0 Å². The van der Waals surface area contributed by atoms with Crippen LogP contribution in [0.15, 0.2) is 28.8 Å². The van der Waals surface area contributed by atoms with Gasteiger partial charge in [0.2, 0.25) is 11.1 Å². The van der Waals surface area contributed by atoms with Gasteiger partial charge in [-0.3, -0.25) is 4.79 Å². The van der Waals surface area contributed by atoms with Crippen molar-refractivity contribution in [3.05, 3.63) is 46.3 Å². The topological polar surface area (TPSA) is 55.6 Å². The molecule has 2 aromatic rings. The lowest BCUT2D eigenvalue weighted by atomic mass is 10.0. The van der Waals surface area contributed by atoms with Gasteiger partial charge in [-0.05, 0) is 43.9 Å². The summed E-state index contributed by atoms with van der Waals surface area (Å²) in [6.45, 7) is 2.61. The van der Waals surface area contributed by atoms with Crippen molar-refractivity contribution in [3.63, 3.8) is 0 Å². The molecule has 1 aliphatic rings. The van der Waals surface area contributed by atoms with Gasteiger partial charge in [-0.25, -0.2) is 0 Å². The molecule has 0 N–H and O–H groups in total. The Morgan fingerprint density at radius 3 is 2.96 bits per heavy atom. The van der Waals surface area contributed by atoms with E-state index in [0.717, 1.165) is 42.0 Å². The first-order valence-corrected chi connectivity index (χ1v) is 8.52. The van der Waals surface area contributed by atoms with Crippen LogP contribution in [-0.2, 0) is 11.2 Å². The highest BCUT2D eigenvalue weighted by atomic mass is 35.5. The van der Waals surface area contributed by atoms with Crippen molar-refractivity contribution in [2.24, 2.45) is 0 Å². The minimum absolute atomic E-state index is 0.0766. The second-order valence-electron chi connectivity index (χ2n) is 6.01. The summed E-state index contributed by atoms with van der Waals surface area (Å²) in [6.07, 6.45) is 2.90. The van der Waals surface area contributed by atoms with Gasteiger partial charge in [0.1, 0.15) is 5.75 Å². The first kappa shape index (κ1) is 16.8. The molecule has 2 heterocycles. The number of halogens is 1. The largest absolute Gasteiger partial charge is 0.496 e. The van der Waals surface area contributed by atoms with Crippen molar-refractivity contribution in [2.45, 2.75) is 38.6 Å². The monoisotopic (exact) mass is 348 g/mol. The number of amides is 1. The Balaban J connectivity index is 1.72. The van der Waals surface area contributed by atoms with Crippen molar-refractivity contribution in [3.8, 4) is 5.75 Å². The summed E-state index contributed by atoms with van der Waals surface area (Å²) in [6, 6.07) is 7.99. The van der Waals surface area contributed by atoms with Crippen LogP contribution in [0.25, 0.3) is 0 Å². The van der Waals surface area contributed by atoms with E-state index in [9.17, 15) is 4.79 Å². The lowest BCUT2D eigenvalue weighted by Crippen LogP contribution is -2.31. The fraction of sp³-hybridized carbons (Fsp3) is 0.444. The lowest BCUT2D eigenvalue weighted by Gasteiger charge is -2.26. The summed E-state index contributed by atoms with van der Waals surface area (Å²) < 4.78 is 10.4. The number of aromatic nitrogens is 1. The average Bonchev–Trinajstić information content (AvgIpc) is 3.20. The third-order valence-corrected chi connectivity index (χ3v) is 4.89. The maximum absolute atomic E-state index is 12.7. The number of hydrogen-bond acceptors (Lipinski definition) is 4. The van der Waals surface area contributed by atoms with Gasteiger partial charge < -0.3 is 14.2 Å². The van der Waals surface area contributed by atoms with Gasteiger partial charge in [-0.2, -0.15) is 0 Å². The van der Waals surface area contributed by atoms with Crippen LogP contribution in [0.3, 0.4) is 0 Å². The highest BCUT2D eigenvalue weighted by molar-refractivity contribution is 6.29. The van der Waals surface area contributed by atoms with Gasteiger partial charge in [0.25, 0.3) is 0 Å². The predicted octanol–water partition coefficient (Wildman–Crippen LogP) is 3.94. The van der Waals surface area contributed by atoms with Crippen LogP contribution >= 0.6 is 11.6 Å². The van der Waals surface area contributed by atoms with Gasteiger partial charge >= 0.3 is 0 Å². The standard InChI is InChI=1S/C18H21ClN2O3/c1-12-13(18(19)24-20-12)9-10-17(22)21-11-5-7-15(21)14-6-3-4-8-16(14)23-2/h3-4,6,8,15H,5,7,9-11H2,1-2H3/t15-/m0/s1. The van der Waals surface area contributed by atoms with E-state index in [1.165, 1.54) is 0 Å². The van der Waals surface area contributed by atoms with Crippen LogP contribution in [0.5, 0.6) is 5.75 Å². The van der Waals surface area contributed by atoms with Crippen LogP contribution in [0.2, 0.25) is 5.22 Å². The number of para-hydroxylation sites is 1. The van der Waals surface area contributed by atoms with Crippen molar-refractivity contribution in [1.82, 2.24) is 10.1 Å². The number of ether oxygens (including phenoxy) is 1. The predicted molar refractivity (Wildman–Crippen MR) is 91.3 cm³/mol. The first-order valence-electron chi connectivity index (χ1n) is 8.15. The smallest absolute Gasteiger partial charge is 0.229 e. The quantitative estimate of drug-likeness (QED) is 0.821. The fourth-order valence-electron chi connectivity index (χ4n) is 3.35. The number of carbonyl (C=O) groups excluding carboxylic acids is 1. The Morgan fingerprint density at radius 2 is 2.25 bits per heavy atom. The van der Waals surface area contributed by atoms with E-state index >= 15 is 0 Å². The van der Waals surface area contributed by atoms with Gasteiger partial charge in [0, 0.05) is 24.1 Å². The minimum atomic E-state index is 0.0766. The van der Waals surface area contributed by atoms with Crippen LogP contribution in [0.1, 0.15) is 42.1 Å². The van der Waals surface area contributed by atoms with E-state index in [1.54, 1.807) is 7.11 Å². The number of aryl methyl sites for hydroxylation is 1. The van der Waals surface area contributed by atoms with Crippen LogP contribution in [0.4, 0.5) is 0 Å². The first-order chi connectivity index (χ1) is 11.6. The molecule has 0 spiro atoms. The van der Waals surface area contributed by atoms with Gasteiger partial charge in [-0.15, -0.1) is 0 Å². The van der Waals surface area contributed by atoms with E-state index in [2.05, 4.69) is 5.16 Å². The maximum Gasteiger partial charge on any atom is 0.229 e. The number of methoxy groups -OCH3 is 1. The molecule has 1 aromatic carbocycles. The highest BCUT2D eigenvalue weighted by Crippen LogP contribution is 2.37. The van der Waals surface area contributed by atoms with Crippen LogP contribution in [-0.4, -0.2) is 29.6 Å². The number of hydrogen-bond donors (Lipinski definition) is 0. The van der Waals surface area contributed by atoms with E-state index < -0.39 is 0 Å². The minimum Gasteiger partial charge on any atom is -0.496 e. The molecule has 128 valence electrons. The number of likely N-dealkylation sites (tertiary alicyclic amines) is 1. The van der Waals surface area contributed by atoms with E-state index in [4.69, 9.17) is 20.9 Å². The third kappa shape index (κ3) is 3.26. The Hall–Kier alpha value is -2.01. The Labute approximate surface area is 146 Å². The molecule has 0 unspecified atom stereocenters. The lowest BCUT2D eigenvalue weighted by molar-refractivity contribution is -0.132. The molecule has 6 heteroatoms. The maximum atomic E-state index is 12.7. The van der Waals surface area contributed by atoms with Crippen molar-refractivity contribution in [2.75, 3.05) is 13.7 Å². The van der Waals surface area contributed by atoms with E-state index in [1.807, 2.05) is 36.1 Å². The molecule has 1 atom stereocenters. The SMILES string of the molecule is COc1ccccc1[C@@H]1CCCN1C(=O)CCc1c(C)noc1Cl. The van der Waals surface area contributed by atoms with Gasteiger partial charge in [-0.1, -0.05) is 23.4 Å². The molecule has 1 fully saturated rings. The molecule has 1 saturated heterocycles. The van der Waals surface area contributed by atoms with Gasteiger partial charge in [0.15, 0.2) is 0 Å². The third-order valence-electron chi connectivity index (χ3n) is 4.60. The molecule has 1 amide bonds. The second kappa shape index (κ2) is 7.26. The summed E-state index contributed by atoms with van der Waals surface area (Å²) in [4.78, 5) is 14.7. The molecular weight excluding hydrogens is 328 g/mol. The molecule has 5 nitrogen and oxygen atoms in total. The summed E-state index contributed by atoms with van der Waals surface area (Å²) >= 11 is 5.98. The number of nitrogens with zero attached hydrogens (tertiary/aromatic N) is 2. The van der Waals surface area contributed by atoms with Crippen molar-refractivity contribution < 1.29 is 14.1 Å². The molecule has 1 aromatic heterocycles. The zero-order chi connectivity index (χ0) is 17.1. The molecule has 0 saturated carbocycles. The summed E-state index contributed by atoms with van der Waals surface area (Å²) in [5.74, 6) is 0.959. The normalized spacial score (nSPS) is 17.3. The van der Waals surface area contributed by atoms with Crippen LogP contribution < -0.4 is 4.74 Å². The Kier molecular flexibility index (Phi) is 5.09. The summed E-state index contributed by atoms with van der Waals surface area (Å²) in [5.41, 5.74) is 2.64. The number of benzene rings is 1. The highest BCUT2D eigenvalue weighted by Gasteiger charge is 2.31. The summed E-state index contributed by atoms with van der Waals surface area (Å²) in [7, 11) is 1.66. The van der Waals surface area contributed by atoms with E-state index in [0.29, 0.717) is 12.8 Å². The Bertz CT molecular complexity index is 709. The van der Waals surface area contributed by atoms with Crippen molar-refractivity contribution >= 4 is 17.5 Å². The fourth-order valence-corrected chi connectivity index (χ4v) is 3.61. The molecule has 0 aliphatic carbocycles. The zero-order valence-corrected chi connectivity index (χ0v) is 14.7. The molecule has 3 rings (SSSR count). The average molecular weight is 349 g/mol. The molecule has 24 heavy (non-hydrogen) atoms. The number of rotatable bonds is 5.